The van der Waals surface area contributed by atoms with E-state index in [1.54, 1.807) is 13.8 Å². The maximum Gasteiger partial charge on any atom is 0.240 e. The van der Waals surface area contributed by atoms with Gasteiger partial charge in [-0.05, 0) is 13.8 Å². The summed E-state index contributed by atoms with van der Waals surface area (Å²) >= 11 is 0. The lowest BCUT2D eigenvalue weighted by Gasteiger charge is -2.14. The van der Waals surface area contributed by atoms with Crippen molar-refractivity contribution in [2.45, 2.75) is 25.8 Å². The SMILES string of the molecule is CC(C)(N)CC([NH])=O. The van der Waals surface area contributed by atoms with E-state index in [-0.39, 0.29) is 6.42 Å². The van der Waals surface area contributed by atoms with Gasteiger partial charge in [-0.2, -0.15) is 0 Å². The van der Waals surface area contributed by atoms with Gasteiger partial charge in [0.1, 0.15) is 0 Å². The maximum absolute atomic E-state index is 10.0. The molecule has 0 bridgehead atoms. The first kappa shape index (κ1) is 7.43. The molecule has 1 radical (unpaired) electrons. The standard InChI is InChI=1S/C5H11N2O/c1-5(2,7)3-4(6)8/h6H,3,7H2,1-2H3. The zero-order valence-electron chi connectivity index (χ0n) is 5.19. The van der Waals surface area contributed by atoms with Crippen molar-refractivity contribution in [2.24, 2.45) is 5.73 Å². The summed E-state index contributed by atoms with van der Waals surface area (Å²) in [6.45, 7) is 3.44. The molecule has 0 aromatic rings. The number of nitrogens with two attached hydrogens (primary N) is 1. The number of carbonyl (C=O) groups is 1. The van der Waals surface area contributed by atoms with Crippen LogP contribution in [0.4, 0.5) is 0 Å². The normalized spacial score (nSPS) is 11.4. The fourth-order valence-corrected chi connectivity index (χ4v) is 0.414. The van der Waals surface area contributed by atoms with Crippen LogP contribution in [0.25, 0.3) is 0 Å². The van der Waals surface area contributed by atoms with E-state index in [9.17, 15) is 4.79 Å². The van der Waals surface area contributed by atoms with Gasteiger partial charge in [0, 0.05) is 12.0 Å². The molecule has 3 nitrogen and oxygen atoms in total. The molecule has 3 N–H and O–H groups in total. The number of amides is 1. The van der Waals surface area contributed by atoms with Gasteiger partial charge in [0.2, 0.25) is 5.91 Å². The zero-order valence-corrected chi connectivity index (χ0v) is 5.19. The van der Waals surface area contributed by atoms with Gasteiger partial charge in [0.05, 0.1) is 0 Å². The fourth-order valence-electron chi connectivity index (χ4n) is 0.414. The second kappa shape index (κ2) is 2.13. The lowest BCUT2D eigenvalue weighted by atomic mass is 10.0. The molecular formula is C5H11N2O. The van der Waals surface area contributed by atoms with Crippen molar-refractivity contribution in [2.75, 3.05) is 0 Å². The molecule has 0 saturated heterocycles. The largest absolute Gasteiger partial charge is 0.325 e. The molecule has 0 aromatic carbocycles. The average Bonchev–Trinajstić information content (AvgIpc) is 1.21. The summed E-state index contributed by atoms with van der Waals surface area (Å²) in [5, 5.41) is 0. The number of hydrogen-bond donors (Lipinski definition) is 1. The van der Waals surface area contributed by atoms with Gasteiger partial charge in [0.25, 0.3) is 0 Å². The van der Waals surface area contributed by atoms with Crippen LogP contribution in [0.1, 0.15) is 20.3 Å². The molecule has 0 unspecified atom stereocenters. The smallest absolute Gasteiger partial charge is 0.240 e. The van der Waals surface area contributed by atoms with Crippen LogP contribution in [0, 0.1) is 0 Å². The quantitative estimate of drug-likeness (QED) is 0.547. The van der Waals surface area contributed by atoms with Crippen molar-refractivity contribution < 1.29 is 4.79 Å². The Hall–Kier alpha value is -0.570. The highest BCUT2D eigenvalue weighted by molar-refractivity contribution is 5.74. The van der Waals surface area contributed by atoms with E-state index in [0.29, 0.717) is 0 Å². The monoisotopic (exact) mass is 115 g/mol. The molecular weight excluding hydrogens is 104 g/mol. The third-order valence-electron chi connectivity index (χ3n) is 0.616. The van der Waals surface area contributed by atoms with Gasteiger partial charge in [-0.1, -0.05) is 0 Å². The number of hydrogen-bond acceptors (Lipinski definition) is 2. The molecule has 0 saturated carbocycles. The highest BCUT2D eigenvalue weighted by Gasteiger charge is 2.13. The Balaban J connectivity index is 3.55. The minimum Gasteiger partial charge on any atom is -0.325 e. The summed E-state index contributed by atoms with van der Waals surface area (Å²) in [6, 6.07) is 0. The molecule has 0 rings (SSSR count). The van der Waals surface area contributed by atoms with Gasteiger partial charge in [-0.25, -0.2) is 0 Å². The van der Waals surface area contributed by atoms with Crippen LogP contribution in [0.5, 0.6) is 0 Å². The molecule has 0 fully saturated rings. The number of carbonyl (C=O) groups excluding carboxylic acids is 1. The van der Waals surface area contributed by atoms with Crippen molar-refractivity contribution in [3.8, 4) is 0 Å². The predicted molar refractivity (Wildman–Crippen MR) is 31.0 cm³/mol. The van der Waals surface area contributed by atoms with Gasteiger partial charge >= 0.3 is 0 Å². The molecule has 8 heavy (non-hydrogen) atoms. The van der Waals surface area contributed by atoms with Gasteiger partial charge in [-0.15, -0.1) is 0 Å². The van der Waals surface area contributed by atoms with E-state index in [1.165, 1.54) is 0 Å². The first-order valence-corrected chi connectivity index (χ1v) is 2.45. The van der Waals surface area contributed by atoms with E-state index >= 15 is 0 Å². The second-order valence-corrected chi connectivity index (χ2v) is 2.59. The second-order valence-electron chi connectivity index (χ2n) is 2.59. The third kappa shape index (κ3) is 5.43. The summed E-state index contributed by atoms with van der Waals surface area (Å²) < 4.78 is 0. The Morgan fingerprint density at radius 3 is 2.12 bits per heavy atom. The first-order valence-electron chi connectivity index (χ1n) is 2.45. The molecule has 1 amide bonds. The summed E-state index contributed by atoms with van der Waals surface area (Å²) in [7, 11) is 0. The lowest BCUT2D eigenvalue weighted by molar-refractivity contribution is -0.119. The molecule has 0 spiro atoms. The summed E-state index contributed by atoms with van der Waals surface area (Å²) in [5.74, 6) is -0.600. The van der Waals surface area contributed by atoms with Crippen molar-refractivity contribution in [1.82, 2.24) is 5.73 Å². The lowest BCUT2D eigenvalue weighted by Crippen LogP contribution is -2.34. The van der Waals surface area contributed by atoms with Crippen LogP contribution >= 0.6 is 0 Å². The molecule has 0 atom stereocenters. The molecule has 0 aliphatic heterocycles. The van der Waals surface area contributed by atoms with Crippen molar-refractivity contribution >= 4 is 5.91 Å². The Morgan fingerprint density at radius 2 is 2.12 bits per heavy atom. The maximum atomic E-state index is 10.0. The molecule has 47 valence electrons. The van der Waals surface area contributed by atoms with Gasteiger partial charge in [0.15, 0.2) is 0 Å². The zero-order chi connectivity index (χ0) is 6.78. The predicted octanol–water partition coefficient (Wildman–Crippen LogP) is -0.0767. The average molecular weight is 115 g/mol. The Morgan fingerprint density at radius 1 is 1.75 bits per heavy atom. The van der Waals surface area contributed by atoms with Crippen molar-refractivity contribution in [3.63, 3.8) is 0 Å². The molecule has 0 aliphatic carbocycles. The summed E-state index contributed by atoms with van der Waals surface area (Å²) in [5.41, 5.74) is 11.4. The number of nitrogens with one attached hydrogen (secondary N) is 1. The van der Waals surface area contributed by atoms with Crippen LogP contribution in [0.2, 0.25) is 0 Å². The minimum absolute atomic E-state index is 0.132. The summed E-state index contributed by atoms with van der Waals surface area (Å²) in [6.07, 6.45) is 0.132. The number of rotatable bonds is 2. The molecule has 3 heteroatoms. The molecule has 0 aliphatic rings. The van der Waals surface area contributed by atoms with Crippen LogP contribution < -0.4 is 11.5 Å². The molecule has 0 aromatic heterocycles. The highest BCUT2D eigenvalue weighted by Crippen LogP contribution is 2.01. The minimum atomic E-state index is -0.600. The van der Waals surface area contributed by atoms with Gasteiger partial charge < -0.3 is 5.73 Å². The Kier molecular flexibility index (Phi) is 1.98. The van der Waals surface area contributed by atoms with E-state index in [1.807, 2.05) is 0 Å². The fraction of sp³-hybridized carbons (Fsp3) is 0.800. The molecule has 0 heterocycles. The van der Waals surface area contributed by atoms with Crippen LogP contribution in [0.15, 0.2) is 0 Å². The van der Waals surface area contributed by atoms with E-state index < -0.39 is 11.4 Å². The Labute approximate surface area is 49.0 Å². The topological polar surface area (TPSA) is 66.9 Å². The van der Waals surface area contributed by atoms with Crippen LogP contribution in [-0.2, 0) is 4.79 Å². The van der Waals surface area contributed by atoms with Crippen LogP contribution in [-0.4, -0.2) is 11.4 Å². The van der Waals surface area contributed by atoms with Gasteiger partial charge in [-0.3, -0.25) is 10.5 Å². The Bertz CT molecular complexity index is 93.1. The van der Waals surface area contributed by atoms with Crippen molar-refractivity contribution in [1.29, 1.82) is 0 Å². The van der Waals surface area contributed by atoms with E-state index in [2.05, 4.69) is 0 Å². The van der Waals surface area contributed by atoms with E-state index in [0.717, 1.165) is 0 Å². The third-order valence-corrected chi connectivity index (χ3v) is 0.616. The van der Waals surface area contributed by atoms with E-state index in [4.69, 9.17) is 11.5 Å². The first-order chi connectivity index (χ1) is 3.42. The van der Waals surface area contributed by atoms with Crippen molar-refractivity contribution in [3.05, 3.63) is 0 Å². The summed E-state index contributed by atoms with van der Waals surface area (Å²) in [4.78, 5) is 10.0. The highest BCUT2D eigenvalue weighted by atomic mass is 16.1. The van der Waals surface area contributed by atoms with Crippen LogP contribution in [0.3, 0.4) is 0 Å².